The Morgan fingerprint density at radius 1 is 1.50 bits per heavy atom. The molecule has 0 saturated carbocycles. The van der Waals surface area contributed by atoms with Crippen molar-refractivity contribution in [2.24, 2.45) is 0 Å². The highest BCUT2D eigenvalue weighted by Gasteiger charge is 2.10. The van der Waals surface area contributed by atoms with Crippen LogP contribution in [0.1, 0.15) is 29.4 Å². The summed E-state index contributed by atoms with van der Waals surface area (Å²) in [6.45, 7) is 1.82. The van der Waals surface area contributed by atoms with E-state index in [0.29, 0.717) is 4.88 Å². The zero-order valence-corrected chi connectivity index (χ0v) is 9.92. The van der Waals surface area contributed by atoms with Gasteiger partial charge in [-0.2, -0.15) is 0 Å². The lowest BCUT2D eigenvalue weighted by Gasteiger charge is -2.06. The average molecular weight is 241 g/mol. The molecule has 1 unspecified atom stereocenters. The molecule has 1 amide bonds. The van der Waals surface area contributed by atoms with Crippen molar-refractivity contribution >= 4 is 23.0 Å². The van der Waals surface area contributed by atoms with Gasteiger partial charge in [-0.3, -0.25) is 9.59 Å². The summed E-state index contributed by atoms with van der Waals surface area (Å²) in [7, 11) is 0. The van der Waals surface area contributed by atoms with Gasteiger partial charge in [-0.1, -0.05) is 6.07 Å². The minimum atomic E-state index is -0.558. The van der Waals surface area contributed by atoms with Crippen molar-refractivity contribution in [1.29, 1.82) is 0 Å². The summed E-state index contributed by atoms with van der Waals surface area (Å²) >= 11 is 1.38. The topological polar surface area (TPSA) is 66.4 Å². The second-order valence-corrected chi connectivity index (χ2v) is 4.50. The highest BCUT2D eigenvalue weighted by molar-refractivity contribution is 7.12. The number of ketones is 1. The molecule has 88 valence electrons. The first-order valence-electron chi connectivity index (χ1n) is 5.11. The number of thiophene rings is 1. The number of nitrogens with one attached hydrogen (secondary N) is 1. The highest BCUT2D eigenvalue weighted by atomic mass is 32.1. The van der Waals surface area contributed by atoms with Gasteiger partial charge in [0.15, 0.2) is 5.78 Å². The Kier molecular flexibility index (Phi) is 5.14. The van der Waals surface area contributed by atoms with Gasteiger partial charge in [0.2, 0.25) is 5.91 Å². The Balaban J connectivity index is 2.24. The van der Waals surface area contributed by atoms with Crippen LogP contribution in [-0.4, -0.2) is 29.4 Å². The number of hydrogen-bond donors (Lipinski definition) is 2. The van der Waals surface area contributed by atoms with E-state index in [1.54, 1.807) is 13.0 Å². The van der Waals surface area contributed by atoms with E-state index in [9.17, 15) is 9.59 Å². The summed E-state index contributed by atoms with van der Waals surface area (Å²) in [6, 6.07) is 3.56. The fourth-order valence-electron chi connectivity index (χ4n) is 1.14. The molecule has 0 radical (unpaired) electrons. The van der Waals surface area contributed by atoms with E-state index < -0.39 is 6.10 Å². The Hall–Kier alpha value is -1.20. The van der Waals surface area contributed by atoms with E-state index in [-0.39, 0.29) is 31.1 Å². The summed E-state index contributed by atoms with van der Waals surface area (Å²) in [6.07, 6.45) is -0.174. The van der Waals surface area contributed by atoms with Gasteiger partial charge >= 0.3 is 0 Å². The van der Waals surface area contributed by atoms with Gasteiger partial charge in [0.1, 0.15) is 0 Å². The van der Waals surface area contributed by atoms with Crippen LogP contribution >= 0.6 is 11.3 Å². The molecule has 0 aliphatic rings. The molecule has 1 aromatic rings. The second kappa shape index (κ2) is 6.40. The number of hydrogen-bond acceptors (Lipinski definition) is 4. The van der Waals surface area contributed by atoms with Crippen LogP contribution in [0.5, 0.6) is 0 Å². The first-order chi connectivity index (χ1) is 7.59. The van der Waals surface area contributed by atoms with E-state index in [1.807, 2.05) is 11.4 Å². The Labute approximate surface area is 98.3 Å². The number of amides is 1. The molecule has 0 fully saturated rings. The molecule has 0 aliphatic carbocycles. The molecule has 0 bridgehead atoms. The molecule has 0 spiro atoms. The lowest BCUT2D eigenvalue weighted by Crippen LogP contribution is -2.30. The van der Waals surface area contributed by atoms with E-state index in [4.69, 9.17) is 5.11 Å². The smallest absolute Gasteiger partial charge is 0.220 e. The Morgan fingerprint density at radius 2 is 2.25 bits per heavy atom. The molecule has 1 heterocycles. The van der Waals surface area contributed by atoms with Gasteiger partial charge < -0.3 is 10.4 Å². The summed E-state index contributed by atoms with van der Waals surface area (Å²) in [5.41, 5.74) is 0. The van der Waals surface area contributed by atoms with Gasteiger partial charge in [0, 0.05) is 19.4 Å². The summed E-state index contributed by atoms with van der Waals surface area (Å²) in [5.74, 6) is -0.215. The van der Waals surface area contributed by atoms with Gasteiger partial charge in [-0.05, 0) is 18.4 Å². The molecule has 4 nitrogen and oxygen atoms in total. The third-order valence-corrected chi connectivity index (χ3v) is 2.88. The van der Waals surface area contributed by atoms with Crippen LogP contribution in [0, 0.1) is 0 Å². The van der Waals surface area contributed by atoms with Crippen molar-refractivity contribution in [3.63, 3.8) is 0 Å². The van der Waals surface area contributed by atoms with E-state index in [1.165, 1.54) is 11.3 Å². The molecule has 16 heavy (non-hydrogen) atoms. The van der Waals surface area contributed by atoms with E-state index >= 15 is 0 Å². The lowest BCUT2D eigenvalue weighted by atomic mass is 10.2. The number of aliphatic hydroxyl groups is 1. The fraction of sp³-hybridized carbons (Fsp3) is 0.455. The predicted octanol–water partition coefficient (Wildman–Crippen LogP) is 1.21. The molecule has 1 rings (SSSR count). The molecule has 5 heteroatoms. The molecule has 0 saturated heterocycles. The number of carbonyl (C=O) groups is 2. The van der Waals surface area contributed by atoms with Gasteiger partial charge in [0.05, 0.1) is 11.0 Å². The molecular weight excluding hydrogens is 226 g/mol. The van der Waals surface area contributed by atoms with E-state index in [0.717, 1.165) is 0 Å². The van der Waals surface area contributed by atoms with Crippen molar-refractivity contribution in [1.82, 2.24) is 5.32 Å². The van der Waals surface area contributed by atoms with Crippen molar-refractivity contribution in [3.05, 3.63) is 22.4 Å². The second-order valence-electron chi connectivity index (χ2n) is 3.55. The van der Waals surface area contributed by atoms with Gasteiger partial charge in [0.25, 0.3) is 0 Å². The molecule has 0 aromatic carbocycles. The normalized spacial score (nSPS) is 12.1. The first kappa shape index (κ1) is 12.9. The average Bonchev–Trinajstić information content (AvgIpc) is 2.76. The predicted molar refractivity (Wildman–Crippen MR) is 62.6 cm³/mol. The van der Waals surface area contributed by atoms with Crippen LogP contribution < -0.4 is 5.32 Å². The number of Topliss-reactive ketones (excluding diaryl/α,β-unsaturated/α-hetero) is 1. The Bertz CT molecular complexity index is 346. The van der Waals surface area contributed by atoms with Gasteiger partial charge in [-0.25, -0.2) is 0 Å². The number of rotatable bonds is 6. The van der Waals surface area contributed by atoms with Crippen molar-refractivity contribution in [2.75, 3.05) is 6.54 Å². The van der Waals surface area contributed by atoms with Crippen LogP contribution in [0.25, 0.3) is 0 Å². The lowest BCUT2D eigenvalue weighted by molar-refractivity contribution is -0.121. The monoisotopic (exact) mass is 241 g/mol. The van der Waals surface area contributed by atoms with Crippen molar-refractivity contribution in [2.45, 2.75) is 25.9 Å². The third kappa shape index (κ3) is 4.55. The summed E-state index contributed by atoms with van der Waals surface area (Å²) < 4.78 is 0. The van der Waals surface area contributed by atoms with Crippen LogP contribution in [0.15, 0.2) is 17.5 Å². The highest BCUT2D eigenvalue weighted by Crippen LogP contribution is 2.12. The van der Waals surface area contributed by atoms with Crippen molar-refractivity contribution in [3.8, 4) is 0 Å². The summed E-state index contributed by atoms with van der Waals surface area (Å²) in [4.78, 5) is 23.5. The zero-order valence-electron chi connectivity index (χ0n) is 9.10. The molecule has 0 aliphatic heterocycles. The molecule has 2 N–H and O–H groups in total. The molecule has 1 atom stereocenters. The summed E-state index contributed by atoms with van der Waals surface area (Å²) in [5, 5.41) is 13.3. The number of carbonyl (C=O) groups excluding carboxylic acids is 2. The third-order valence-electron chi connectivity index (χ3n) is 1.97. The Morgan fingerprint density at radius 3 is 2.81 bits per heavy atom. The van der Waals surface area contributed by atoms with Crippen molar-refractivity contribution < 1.29 is 14.7 Å². The molecular formula is C11H15NO3S. The fourth-order valence-corrected chi connectivity index (χ4v) is 1.83. The molecule has 1 aromatic heterocycles. The van der Waals surface area contributed by atoms with E-state index in [2.05, 4.69) is 5.32 Å². The van der Waals surface area contributed by atoms with Crippen LogP contribution in [0.3, 0.4) is 0 Å². The van der Waals surface area contributed by atoms with Gasteiger partial charge in [-0.15, -0.1) is 11.3 Å². The SMILES string of the molecule is CC(O)CNC(=O)CCC(=O)c1cccs1. The quantitative estimate of drug-likeness (QED) is 0.736. The van der Waals surface area contributed by atoms with Crippen LogP contribution in [-0.2, 0) is 4.79 Å². The first-order valence-corrected chi connectivity index (χ1v) is 5.99. The maximum Gasteiger partial charge on any atom is 0.220 e. The van der Waals surface area contributed by atoms with Crippen LogP contribution in [0.4, 0.5) is 0 Å². The zero-order chi connectivity index (χ0) is 12.0. The maximum atomic E-state index is 11.5. The standard InChI is InChI=1S/C11H15NO3S/c1-8(13)7-12-11(15)5-4-9(14)10-3-2-6-16-10/h2-3,6,8,13H,4-5,7H2,1H3,(H,12,15). The minimum absolute atomic E-state index is 0.0119. The van der Waals surface area contributed by atoms with Crippen LogP contribution in [0.2, 0.25) is 0 Å². The number of aliphatic hydroxyl groups excluding tert-OH is 1. The minimum Gasteiger partial charge on any atom is -0.392 e. The largest absolute Gasteiger partial charge is 0.392 e. The maximum absolute atomic E-state index is 11.5.